The SMILES string of the molecule is CC/C=C\C(CNC(=O)Cn1c(C)c2c(=O)n(-c3cccc(C#N)c3)[nH]c2cc1=O)=NC. The van der Waals surface area contributed by atoms with Gasteiger partial charge in [-0.25, -0.2) is 4.68 Å². The Labute approximate surface area is 184 Å². The zero-order chi connectivity index (χ0) is 23.3. The highest BCUT2D eigenvalue weighted by Crippen LogP contribution is 2.14. The third-order valence-electron chi connectivity index (χ3n) is 5.05. The average molecular weight is 432 g/mol. The number of allylic oxidation sites excluding steroid dienone is 1. The van der Waals surface area contributed by atoms with Gasteiger partial charge in [-0.2, -0.15) is 5.26 Å². The van der Waals surface area contributed by atoms with Gasteiger partial charge in [0.1, 0.15) is 6.54 Å². The summed E-state index contributed by atoms with van der Waals surface area (Å²) in [6.07, 6.45) is 4.64. The maximum atomic E-state index is 13.1. The summed E-state index contributed by atoms with van der Waals surface area (Å²) in [5.41, 5.74) is 1.58. The van der Waals surface area contributed by atoms with Crippen molar-refractivity contribution in [2.75, 3.05) is 13.6 Å². The van der Waals surface area contributed by atoms with Gasteiger partial charge in [-0.3, -0.25) is 24.5 Å². The minimum Gasteiger partial charge on any atom is -0.349 e. The molecule has 2 heterocycles. The smallest absolute Gasteiger partial charge is 0.280 e. The van der Waals surface area contributed by atoms with E-state index in [1.807, 2.05) is 25.1 Å². The van der Waals surface area contributed by atoms with Gasteiger partial charge in [0.25, 0.3) is 11.1 Å². The van der Waals surface area contributed by atoms with Crippen LogP contribution in [0.4, 0.5) is 0 Å². The minimum atomic E-state index is -0.403. The number of aromatic nitrogens is 3. The van der Waals surface area contributed by atoms with E-state index in [9.17, 15) is 14.4 Å². The first-order chi connectivity index (χ1) is 15.4. The number of hydrogen-bond donors (Lipinski definition) is 2. The second kappa shape index (κ2) is 9.75. The van der Waals surface area contributed by atoms with Crippen LogP contribution in [0.3, 0.4) is 0 Å². The van der Waals surface area contributed by atoms with Crippen molar-refractivity contribution in [3.8, 4) is 11.8 Å². The molecule has 3 rings (SSSR count). The fourth-order valence-electron chi connectivity index (χ4n) is 3.36. The molecule has 2 N–H and O–H groups in total. The molecule has 1 amide bonds. The van der Waals surface area contributed by atoms with Crippen molar-refractivity contribution in [2.24, 2.45) is 4.99 Å². The lowest BCUT2D eigenvalue weighted by Gasteiger charge is -2.10. The van der Waals surface area contributed by atoms with E-state index >= 15 is 0 Å². The zero-order valence-electron chi connectivity index (χ0n) is 18.2. The molecule has 0 radical (unpaired) electrons. The standard InChI is InChI=1S/C23H24N6O3/c1-4-5-8-17(25-3)13-26-20(30)14-28-15(2)22-19(11-21(28)31)27-29(23(22)32)18-9-6-7-16(10-18)12-24/h5-11,27H,4,13-14H2,1-3H3,(H,26,30)/b8-5-,25-17?. The van der Waals surface area contributed by atoms with Gasteiger partial charge in [0, 0.05) is 18.8 Å². The number of nitriles is 1. The van der Waals surface area contributed by atoms with Crippen LogP contribution >= 0.6 is 0 Å². The van der Waals surface area contributed by atoms with E-state index in [1.165, 1.54) is 15.3 Å². The lowest BCUT2D eigenvalue weighted by Crippen LogP contribution is -2.35. The molecule has 0 bridgehead atoms. The fraction of sp³-hybridized carbons (Fsp3) is 0.261. The predicted molar refractivity (Wildman–Crippen MR) is 123 cm³/mol. The number of nitrogens with one attached hydrogen (secondary N) is 2. The Morgan fingerprint density at radius 3 is 2.78 bits per heavy atom. The summed E-state index contributed by atoms with van der Waals surface area (Å²) >= 11 is 0. The third kappa shape index (κ3) is 4.59. The largest absolute Gasteiger partial charge is 0.349 e. The van der Waals surface area contributed by atoms with Gasteiger partial charge in [-0.15, -0.1) is 0 Å². The summed E-state index contributed by atoms with van der Waals surface area (Å²) in [5.74, 6) is -0.363. The number of fused-ring (bicyclic) bond motifs is 1. The molecule has 3 aromatic rings. The summed E-state index contributed by atoms with van der Waals surface area (Å²) < 4.78 is 2.56. The molecule has 32 heavy (non-hydrogen) atoms. The van der Waals surface area contributed by atoms with Crippen molar-refractivity contribution < 1.29 is 4.79 Å². The van der Waals surface area contributed by atoms with Crippen LogP contribution in [0.15, 0.2) is 57.1 Å². The molecular weight excluding hydrogens is 408 g/mol. The minimum absolute atomic E-state index is 0.219. The Kier molecular flexibility index (Phi) is 6.85. The number of amides is 1. The van der Waals surface area contributed by atoms with Crippen LogP contribution in [0.2, 0.25) is 0 Å². The predicted octanol–water partition coefficient (Wildman–Crippen LogP) is 1.81. The van der Waals surface area contributed by atoms with Crippen molar-refractivity contribution in [3.05, 3.63) is 74.4 Å². The van der Waals surface area contributed by atoms with Gasteiger partial charge in [-0.05, 0) is 37.6 Å². The lowest BCUT2D eigenvalue weighted by atomic mass is 10.2. The van der Waals surface area contributed by atoms with Crippen LogP contribution < -0.4 is 16.4 Å². The van der Waals surface area contributed by atoms with E-state index in [2.05, 4.69) is 15.4 Å². The fourth-order valence-corrected chi connectivity index (χ4v) is 3.36. The van der Waals surface area contributed by atoms with Gasteiger partial charge in [0.2, 0.25) is 5.91 Å². The molecule has 164 valence electrons. The Hall–Kier alpha value is -4.19. The van der Waals surface area contributed by atoms with E-state index in [0.29, 0.717) is 33.6 Å². The van der Waals surface area contributed by atoms with Crippen LogP contribution in [0.5, 0.6) is 0 Å². The number of nitrogens with zero attached hydrogens (tertiary/aromatic N) is 4. The molecule has 0 fully saturated rings. The number of aryl methyl sites for hydroxylation is 1. The molecule has 0 aliphatic rings. The molecule has 9 nitrogen and oxygen atoms in total. The van der Waals surface area contributed by atoms with Crippen molar-refractivity contribution >= 4 is 22.5 Å². The molecule has 0 saturated carbocycles. The topological polar surface area (TPSA) is 125 Å². The maximum Gasteiger partial charge on any atom is 0.280 e. The third-order valence-corrected chi connectivity index (χ3v) is 5.05. The number of H-pyrrole nitrogens is 1. The molecule has 0 spiro atoms. The number of rotatable bonds is 7. The molecule has 0 unspecified atom stereocenters. The molecule has 1 aromatic carbocycles. The number of carbonyl (C=O) groups is 1. The summed E-state index contributed by atoms with van der Waals surface area (Å²) in [6, 6.07) is 9.90. The number of benzene rings is 1. The van der Waals surface area contributed by atoms with Gasteiger partial charge in [0.15, 0.2) is 0 Å². The highest BCUT2D eigenvalue weighted by Gasteiger charge is 2.17. The van der Waals surface area contributed by atoms with Crippen LogP contribution in [0.1, 0.15) is 24.6 Å². The van der Waals surface area contributed by atoms with Crippen LogP contribution in [0.25, 0.3) is 16.6 Å². The van der Waals surface area contributed by atoms with Gasteiger partial charge < -0.3 is 9.88 Å². The summed E-state index contributed by atoms with van der Waals surface area (Å²) in [6.45, 7) is 3.66. The summed E-state index contributed by atoms with van der Waals surface area (Å²) in [7, 11) is 1.65. The highest BCUT2D eigenvalue weighted by molar-refractivity contribution is 5.98. The molecule has 9 heteroatoms. The normalized spacial score (nSPS) is 11.8. The number of hydrogen-bond acceptors (Lipinski definition) is 5. The summed E-state index contributed by atoms with van der Waals surface area (Å²) in [5, 5.41) is 15.1. The van der Waals surface area contributed by atoms with Crippen LogP contribution in [-0.2, 0) is 11.3 Å². The van der Waals surface area contributed by atoms with Crippen molar-refractivity contribution in [1.82, 2.24) is 19.7 Å². The van der Waals surface area contributed by atoms with Gasteiger partial charge in [0.05, 0.1) is 40.5 Å². The number of pyridine rings is 1. The molecule has 0 aliphatic carbocycles. The number of aromatic amines is 1. The van der Waals surface area contributed by atoms with Crippen molar-refractivity contribution in [2.45, 2.75) is 26.8 Å². The average Bonchev–Trinajstić information content (AvgIpc) is 3.12. The van der Waals surface area contributed by atoms with E-state index in [0.717, 1.165) is 6.42 Å². The monoisotopic (exact) mass is 432 g/mol. The van der Waals surface area contributed by atoms with Crippen molar-refractivity contribution in [3.63, 3.8) is 0 Å². The van der Waals surface area contributed by atoms with E-state index in [1.54, 1.807) is 38.2 Å². The molecule has 0 saturated heterocycles. The van der Waals surface area contributed by atoms with Gasteiger partial charge in [-0.1, -0.05) is 19.1 Å². The quantitative estimate of drug-likeness (QED) is 0.552. The second-order valence-electron chi connectivity index (χ2n) is 7.16. The molecule has 2 aromatic heterocycles. The first kappa shape index (κ1) is 22.5. The Bertz CT molecular complexity index is 1380. The number of carbonyl (C=O) groups excluding carboxylic acids is 1. The molecule has 0 atom stereocenters. The maximum absolute atomic E-state index is 13.1. The molecular formula is C23H24N6O3. The van der Waals surface area contributed by atoms with Crippen LogP contribution in [-0.4, -0.2) is 39.6 Å². The Balaban J connectivity index is 1.93. The Morgan fingerprint density at radius 1 is 1.31 bits per heavy atom. The summed E-state index contributed by atoms with van der Waals surface area (Å²) in [4.78, 5) is 42.3. The van der Waals surface area contributed by atoms with Crippen LogP contribution in [0, 0.1) is 18.3 Å². The van der Waals surface area contributed by atoms with E-state index < -0.39 is 5.56 Å². The lowest BCUT2D eigenvalue weighted by molar-refractivity contribution is -0.121. The first-order valence-electron chi connectivity index (χ1n) is 10.1. The second-order valence-corrected chi connectivity index (χ2v) is 7.16. The van der Waals surface area contributed by atoms with E-state index in [4.69, 9.17) is 5.26 Å². The Morgan fingerprint density at radius 2 is 2.09 bits per heavy atom. The van der Waals surface area contributed by atoms with Crippen molar-refractivity contribution in [1.29, 1.82) is 5.26 Å². The van der Waals surface area contributed by atoms with Gasteiger partial charge >= 0.3 is 0 Å². The first-order valence-corrected chi connectivity index (χ1v) is 10.1. The zero-order valence-corrected chi connectivity index (χ0v) is 18.2. The molecule has 0 aliphatic heterocycles. The van der Waals surface area contributed by atoms with E-state index in [-0.39, 0.29) is 24.6 Å². The number of aliphatic imine (C=N–C) groups is 1. The highest BCUT2D eigenvalue weighted by atomic mass is 16.2.